The summed E-state index contributed by atoms with van der Waals surface area (Å²) in [5, 5.41) is 10.8. The number of nitrogens with zero attached hydrogens (tertiary/aromatic N) is 4. The second-order valence-electron chi connectivity index (χ2n) is 10.9. The van der Waals surface area contributed by atoms with E-state index < -0.39 is 12.0 Å². The van der Waals surface area contributed by atoms with Gasteiger partial charge in [0, 0.05) is 26.7 Å². The van der Waals surface area contributed by atoms with Crippen LogP contribution in [0.25, 0.3) is 16.8 Å². The Hall–Kier alpha value is -4.43. The van der Waals surface area contributed by atoms with Crippen molar-refractivity contribution in [3.8, 4) is 11.1 Å². The predicted molar refractivity (Wildman–Crippen MR) is 187 cm³/mol. The van der Waals surface area contributed by atoms with Crippen molar-refractivity contribution in [2.75, 3.05) is 12.9 Å². The van der Waals surface area contributed by atoms with Gasteiger partial charge in [-0.1, -0.05) is 53.8 Å². The number of hydrogen-bond donors (Lipinski definition) is 0. The van der Waals surface area contributed by atoms with E-state index in [9.17, 15) is 14.9 Å². The van der Waals surface area contributed by atoms with E-state index in [2.05, 4.69) is 10.6 Å². The lowest BCUT2D eigenvalue weighted by Crippen LogP contribution is -2.40. The molecular formula is C36H32N4O3S3. The zero-order valence-corrected chi connectivity index (χ0v) is 28.8. The van der Waals surface area contributed by atoms with Crippen LogP contribution in [-0.4, -0.2) is 28.0 Å². The SMILES string of the molecule is CCOC(=O)C1=C(c2ccccc2)N=c2s/c(=C/c3cc(C)n(-c4sc(C)c(C)c4C#N)c3C)c(=O)n2[C@@H]1c1ccc(SC)cc1. The molecule has 0 bridgehead atoms. The predicted octanol–water partition coefficient (Wildman–Crippen LogP) is 6.62. The minimum atomic E-state index is -0.730. The van der Waals surface area contributed by atoms with Crippen molar-refractivity contribution in [3.05, 3.63) is 130 Å². The number of ether oxygens (including phenoxy) is 1. The van der Waals surface area contributed by atoms with Crippen LogP contribution < -0.4 is 14.9 Å². The van der Waals surface area contributed by atoms with Crippen LogP contribution in [0.4, 0.5) is 0 Å². The number of aromatic nitrogens is 2. The first-order valence-corrected chi connectivity index (χ1v) is 17.7. The van der Waals surface area contributed by atoms with Gasteiger partial charge >= 0.3 is 5.97 Å². The van der Waals surface area contributed by atoms with Gasteiger partial charge in [0.1, 0.15) is 11.1 Å². The van der Waals surface area contributed by atoms with E-state index in [-0.39, 0.29) is 12.2 Å². The fourth-order valence-electron chi connectivity index (χ4n) is 5.83. The maximum atomic E-state index is 14.4. The van der Waals surface area contributed by atoms with Gasteiger partial charge in [-0.3, -0.25) is 9.36 Å². The van der Waals surface area contributed by atoms with Crippen molar-refractivity contribution in [2.45, 2.75) is 45.6 Å². The summed E-state index contributed by atoms with van der Waals surface area (Å²) in [7, 11) is 0. The Balaban J connectivity index is 1.60. The lowest BCUT2D eigenvalue weighted by atomic mass is 9.93. The molecule has 0 radical (unpaired) electrons. The Bertz CT molecular complexity index is 2250. The number of benzene rings is 2. The summed E-state index contributed by atoms with van der Waals surface area (Å²) in [6.45, 7) is 9.98. The maximum absolute atomic E-state index is 14.4. The van der Waals surface area contributed by atoms with Crippen LogP contribution in [0.3, 0.4) is 0 Å². The summed E-state index contributed by atoms with van der Waals surface area (Å²) in [4.78, 5) is 35.7. The number of carbonyl (C=O) groups is 1. The second-order valence-corrected chi connectivity index (χ2v) is 14.0. The van der Waals surface area contributed by atoms with E-state index in [4.69, 9.17) is 9.73 Å². The fourth-order valence-corrected chi connectivity index (χ4v) is 8.45. The van der Waals surface area contributed by atoms with Crippen LogP contribution >= 0.6 is 34.4 Å². The Morgan fingerprint density at radius 3 is 2.46 bits per heavy atom. The highest BCUT2D eigenvalue weighted by Crippen LogP contribution is 2.36. The Kier molecular flexibility index (Phi) is 8.75. The van der Waals surface area contributed by atoms with Crippen LogP contribution in [-0.2, 0) is 9.53 Å². The van der Waals surface area contributed by atoms with Crippen molar-refractivity contribution in [2.24, 2.45) is 4.99 Å². The number of fused-ring (bicyclic) bond motifs is 1. The Labute approximate surface area is 279 Å². The first-order chi connectivity index (χ1) is 22.2. The van der Waals surface area contributed by atoms with Gasteiger partial charge in [-0.2, -0.15) is 5.26 Å². The molecule has 2 aromatic carbocycles. The standard InChI is InChI=1S/C36H32N4O3S3/c1-7-43-35(42)30-31(24-11-9-8-10-12-24)38-36-40(32(30)25-13-15-27(44-6)16-14-25)33(41)29(46-36)18-26-17-20(2)39(22(26)4)34-28(19-37)21(3)23(5)45-34/h8-18,32H,7H2,1-6H3/b29-18+/t32-/m1/s1. The maximum Gasteiger partial charge on any atom is 0.338 e. The zero-order chi connectivity index (χ0) is 32.7. The molecule has 1 atom stereocenters. The van der Waals surface area contributed by atoms with Crippen molar-refractivity contribution >= 4 is 52.2 Å². The number of thiophene rings is 1. The van der Waals surface area contributed by atoms with Crippen molar-refractivity contribution in [1.29, 1.82) is 5.26 Å². The molecule has 0 saturated carbocycles. The molecule has 3 aromatic heterocycles. The smallest absolute Gasteiger partial charge is 0.338 e. The van der Waals surface area contributed by atoms with E-state index in [0.717, 1.165) is 48.4 Å². The molecule has 6 rings (SSSR count). The molecule has 46 heavy (non-hydrogen) atoms. The minimum Gasteiger partial charge on any atom is -0.463 e. The number of rotatable bonds is 7. The molecule has 0 fully saturated rings. The Morgan fingerprint density at radius 1 is 1.09 bits per heavy atom. The largest absolute Gasteiger partial charge is 0.463 e. The lowest BCUT2D eigenvalue weighted by Gasteiger charge is -2.26. The van der Waals surface area contributed by atoms with Crippen molar-refractivity contribution in [1.82, 2.24) is 9.13 Å². The zero-order valence-electron chi connectivity index (χ0n) is 26.4. The number of nitriles is 1. The molecule has 10 heteroatoms. The van der Waals surface area contributed by atoms with Gasteiger partial charge in [0.25, 0.3) is 5.56 Å². The topological polar surface area (TPSA) is 89.4 Å². The number of hydrogen-bond acceptors (Lipinski definition) is 8. The minimum absolute atomic E-state index is 0.194. The third-order valence-corrected chi connectivity index (χ3v) is 11.2. The van der Waals surface area contributed by atoms with Crippen LogP contribution in [0, 0.1) is 39.0 Å². The van der Waals surface area contributed by atoms with Gasteiger partial charge in [-0.15, -0.1) is 23.1 Å². The molecule has 0 spiro atoms. The molecule has 0 N–H and O–H groups in total. The highest BCUT2D eigenvalue weighted by atomic mass is 32.2. The van der Waals surface area contributed by atoms with Crippen LogP contribution in [0.5, 0.6) is 0 Å². The van der Waals surface area contributed by atoms with E-state index in [1.54, 1.807) is 34.6 Å². The highest BCUT2D eigenvalue weighted by Gasteiger charge is 2.35. The number of carbonyl (C=O) groups excluding carboxylic acids is 1. The Morgan fingerprint density at radius 2 is 1.80 bits per heavy atom. The summed E-state index contributed by atoms with van der Waals surface area (Å²) < 4.78 is 9.80. The normalized spacial score (nSPS) is 14.6. The molecule has 0 aliphatic carbocycles. The summed E-state index contributed by atoms with van der Waals surface area (Å²) >= 11 is 4.52. The number of thioether (sulfide) groups is 1. The molecule has 5 aromatic rings. The first-order valence-electron chi connectivity index (χ1n) is 14.8. The van der Waals surface area contributed by atoms with E-state index in [0.29, 0.717) is 26.2 Å². The average molecular weight is 665 g/mol. The van der Waals surface area contributed by atoms with Crippen LogP contribution in [0.2, 0.25) is 0 Å². The molecule has 1 aliphatic rings. The third kappa shape index (κ3) is 5.38. The summed E-state index contributed by atoms with van der Waals surface area (Å²) in [5.74, 6) is -0.503. The quantitative estimate of drug-likeness (QED) is 0.144. The van der Waals surface area contributed by atoms with Gasteiger partial charge in [0.2, 0.25) is 0 Å². The number of thiazole rings is 1. The highest BCUT2D eigenvalue weighted by molar-refractivity contribution is 7.98. The number of esters is 1. The van der Waals surface area contributed by atoms with E-state index >= 15 is 0 Å². The third-order valence-electron chi connectivity index (χ3n) is 8.24. The van der Waals surface area contributed by atoms with Gasteiger partial charge < -0.3 is 9.30 Å². The average Bonchev–Trinajstić information content (AvgIpc) is 3.64. The van der Waals surface area contributed by atoms with Gasteiger partial charge in [-0.05, 0) is 81.8 Å². The monoisotopic (exact) mass is 664 g/mol. The first kappa shape index (κ1) is 31.5. The van der Waals surface area contributed by atoms with Crippen LogP contribution in [0.1, 0.15) is 57.0 Å². The molecule has 0 amide bonds. The molecule has 0 unspecified atom stereocenters. The van der Waals surface area contributed by atoms with E-state index in [1.807, 2.05) is 101 Å². The molecular weight excluding hydrogens is 633 g/mol. The molecule has 0 saturated heterocycles. The summed E-state index contributed by atoms with van der Waals surface area (Å²) in [6, 6.07) is 21.2. The molecule has 4 heterocycles. The van der Waals surface area contributed by atoms with Crippen molar-refractivity contribution < 1.29 is 9.53 Å². The molecule has 1 aliphatic heterocycles. The fraction of sp³-hybridized carbons (Fsp3) is 0.222. The van der Waals surface area contributed by atoms with E-state index in [1.165, 1.54) is 11.3 Å². The van der Waals surface area contributed by atoms with Gasteiger partial charge in [0.05, 0.1) is 34.0 Å². The molecule has 7 nitrogen and oxygen atoms in total. The van der Waals surface area contributed by atoms with Gasteiger partial charge in [0.15, 0.2) is 4.80 Å². The second kappa shape index (κ2) is 12.8. The number of aryl methyl sites for hydroxylation is 2. The summed E-state index contributed by atoms with van der Waals surface area (Å²) in [5.41, 5.74) is 6.59. The van der Waals surface area contributed by atoms with Gasteiger partial charge in [-0.25, -0.2) is 9.79 Å². The van der Waals surface area contributed by atoms with Crippen LogP contribution in [0.15, 0.2) is 80.9 Å². The lowest BCUT2D eigenvalue weighted by molar-refractivity contribution is -0.138. The molecule has 232 valence electrons. The summed E-state index contributed by atoms with van der Waals surface area (Å²) in [6.07, 6.45) is 3.90. The van der Waals surface area contributed by atoms with Crippen molar-refractivity contribution in [3.63, 3.8) is 0 Å².